The van der Waals surface area contributed by atoms with Crippen LogP contribution >= 0.6 is 0 Å². The minimum atomic E-state index is -0.848. The van der Waals surface area contributed by atoms with Gasteiger partial charge in [-0.15, -0.1) is 0 Å². The maximum Gasteiger partial charge on any atom is 0.304 e. The first-order valence-corrected chi connectivity index (χ1v) is 7.18. The van der Waals surface area contributed by atoms with Crippen molar-refractivity contribution in [2.75, 3.05) is 32.7 Å². The lowest BCUT2D eigenvalue weighted by atomic mass is 10.1. The lowest BCUT2D eigenvalue weighted by molar-refractivity contribution is -0.137. The smallest absolute Gasteiger partial charge is 0.304 e. The second-order valence-electron chi connectivity index (χ2n) is 5.05. The third-order valence-corrected chi connectivity index (χ3v) is 3.48. The lowest BCUT2D eigenvalue weighted by Gasteiger charge is -2.34. The lowest BCUT2D eigenvalue weighted by Crippen LogP contribution is -2.49. The average Bonchev–Trinajstić information content (AvgIpc) is 2.53. The van der Waals surface area contributed by atoms with Gasteiger partial charge in [-0.3, -0.25) is 19.3 Å². The molecular weight excluding hydrogens is 323 g/mol. The van der Waals surface area contributed by atoms with Crippen LogP contribution in [-0.2, 0) is 9.59 Å². The number of phenolic OH excluding ortho intramolecular Hbond substituents is 1. The van der Waals surface area contributed by atoms with Crippen molar-refractivity contribution in [3.8, 4) is 5.75 Å². The molecule has 0 aliphatic carbocycles. The van der Waals surface area contributed by atoms with Crippen molar-refractivity contribution >= 4 is 18.3 Å². The van der Waals surface area contributed by atoms with Crippen LogP contribution in [0.4, 0.5) is 4.39 Å². The fourth-order valence-corrected chi connectivity index (χ4v) is 2.28. The van der Waals surface area contributed by atoms with Gasteiger partial charge in [0.05, 0.1) is 12.0 Å². The van der Waals surface area contributed by atoms with E-state index in [-0.39, 0.29) is 24.2 Å². The van der Waals surface area contributed by atoms with E-state index < -0.39 is 17.7 Å². The molecule has 2 rings (SSSR count). The van der Waals surface area contributed by atoms with E-state index in [9.17, 15) is 14.0 Å². The minimum absolute atomic E-state index is 0.0632. The summed E-state index contributed by atoms with van der Waals surface area (Å²) >= 11 is 0. The first-order valence-electron chi connectivity index (χ1n) is 7.18. The number of aromatic hydroxyl groups is 1. The predicted molar refractivity (Wildman–Crippen MR) is 81.4 cm³/mol. The highest BCUT2D eigenvalue weighted by molar-refractivity contribution is 5.94. The van der Waals surface area contributed by atoms with Gasteiger partial charge in [0.25, 0.3) is 12.4 Å². The summed E-state index contributed by atoms with van der Waals surface area (Å²) in [4.78, 5) is 34.6. The summed E-state index contributed by atoms with van der Waals surface area (Å²) in [5, 5.41) is 24.7. The molecule has 1 saturated heterocycles. The molecule has 1 heterocycles. The Morgan fingerprint density at radius 3 is 2.29 bits per heavy atom. The standard InChI is InChI=1S/C14H17FN2O4.CH2O2/c15-12-9-10(18)1-2-11(12)14(21)17-7-5-16(6-8-17)4-3-13(19)20;2-1-3/h1-2,9,18H,3-8H2,(H,19,20);1H,(H,2,3). The molecule has 1 aliphatic heterocycles. The summed E-state index contributed by atoms with van der Waals surface area (Å²) in [7, 11) is 0. The number of carbonyl (C=O) groups excluding carboxylic acids is 1. The zero-order valence-corrected chi connectivity index (χ0v) is 12.9. The van der Waals surface area contributed by atoms with E-state index in [0.717, 1.165) is 6.07 Å². The van der Waals surface area contributed by atoms with Crippen LogP contribution in [0.1, 0.15) is 16.8 Å². The maximum atomic E-state index is 13.7. The van der Waals surface area contributed by atoms with Crippen molar-refractivity contribution < 1.29 is 34.1 Å². The van der Waals surface area contributed by atoms with E-state index in [2.05, 4.69) is 0 Å². The van der Waals surface area contributed by atoms with E-state index >= 15 is 0 Å². The molecule has 24 heavy (non-hydrogen) atoms. The summed E-state index contributed by atoms with van der Waals surface area (Å²) in [6, 6.07) is 3.46. The van der Waals surface area contributed by atoms with Gasteiger partial charge in [0.1, 0.15) is 11.6 Å². The molecule has 0 spiro atoms. The zero-order valence-electron chi connectivity index (χ0n) is 12.9. The SMILES string of the molecule is O=C(O)CCN1CCN(C(=O)c2ccc(O)cc2F)CC1.O=CO. The summed E-state index contributed by atoms with van der Waals surface area (Å²) in [6.07, 6.45) is 0.0700. The largest absolute Gasteiger partial charge is 0.508 e. The monoisotopic (exact) mass is 342 g/mol. The fraction of sp³-hybridized carbons (Fsp3) is 0.400. The van der Waals surface area contributed by atoms with Gasteiger partial charge in [-0.2, -0.15) is 0 Å². The van der Waals surface area contributed by atoms with Crippen molar-refractivity contribution in [2.24, 2.45) is 0 Å². The van der Waals surface area contributed by atoms with Gasteiger partial charge in [0, 0.05) is 38.8 Å². The minimum Gasteiger partial charge on any atom is -0.508 e. The van der Waals surface area contributed by atoms with Crippen LogP contribution in [0.2, 0.25) is 0 Å². The van der Waals surface area contributed by atoms with Crippen molar-refractivity contribution in [1.29, 1.82) is 0 Å². The van der Waals surface area contributed by atoms with Crippen LogP contribution in [0.5, 0.6) is 5.75 Å². The number of phenols is 1. The molecule has 1 aromatic rings. The molecule has 0 unspecified atom stereocenters. The number of amides is 1. The molecule has 0 radical (unpaired) electrons. The zero-order chi connectivity index (χ0) is 18.1. The van der Waals surface area contributed by atoms with E-state index in [4.69, 9.17) is 20.1 Å². The van der Waals surface area contributed by atoms with E-state index in [0.29, 0.717) is 32.7 Å². The number of hydrogen-bond donors (Lipinski definition) is 3. The Hall–Kier alpha value is -2.68. The first kappa shape index (κ1) is 19.4. The number of nitrogens with zero attached hydrogens (tertiary/aromatic N) is 2. The van der Waals surface area contributed by atoms with Crippen molar-refractivity contribution in [2.45, 2.75) is 6.42 Å². The third kappa shape index (κ3) is 5.84. The Kier molecular flexibility index (Phi) is 7.63. The van der Waals surface area contributed by atoms with E-state index in [1.807, 2.05) is 4.90 Å². The number of carboxylic acid groups (broad SMARTS) is 2. The molecule has 8 nitrogen and oxygen atoms in total. The number of benzene rings is 1. The second-order valence-corrected chi connectivity index (χ2v) is 5.05. The molecule has 1 fully saturated rings. The highest BCUT2D eigenvalue weighted by Gasteiger charge is 2.24. The number of carbonyl (C=O) groups is 3. The van der Waals surface area contributed by atoms with Gasteiger partial charge < -0.3 is 20.2 Å². The van der Waals surface area contributed by atoms with Crippen molar-refractivity contribution in [3.63, 3.8) is 0 Å². The molecule has 0 aromatic heterocycles. The highest BCUT2D eigenvalue weighted by Crippen LogP contribution is 2.17. The maximum absolute atomic E-state index is 13.7. The van der Waals surface area contributed by atoms with Gasteiger partial charge >= 0.3 is 5.97 Å². The van der Waals surface area contributed by atoms with Gasteiger partial charge in [0.2, 0.25) is 0 Å². The molecule has 1 amide bonds. The Morgan fingerprint density at radius 2 is 1.79 bits per heavy atom. The number of rotatable bonds is 4. The first-order chi connectivity index (χ1) is 11.4. The Balaban J connectivity index is 0.000000891. The molecule has 0 atom stereocenters. The van der Waals surface area contributed by atoms with Crippen LogP contribution in [0.25, 0.3) is 0 Å². The molecule has 0 saturated carbocycles. The Morgan fingerprint density at radius 1 is 1.21 bits per heavy atom. The van der Waals surface area contributed by atoms with Gasteiger partial charge in [-0.1, -0.05) is 0 Å². The molecule has 1 aromatic carbocycles. The van der Waals surface area contributed by atoms with Gasteiger partial charge in [0.15, 0.2) is 0 Å². The molecule has 0 bridgehead atoms. The molecule has 3 N–H and O–H groups in total. The van der Waals surface area contributed by atoms with Crippen LogP contribution in [0.3, 0.4) is 0 Å². The summed E-state index contributed by atoms with van der Waals surface area (Å²) in [5.74, 6) is -2.22. The second kappa shape index (κ2) is 9.46. The summed E-state index contributed by atoms with van der Waals surface area (Å²) in [5.41, 5.74) is -0.0632. The molecule has 9 heteroatoms. The Bertz CT molecular complexity index is 587. The summed E-state index contributed by atoms with van der Waals surface area (Å²) in [6.45, 7) is 2.19. The van der Waals surface area contributed by atoms with Gasteiger partial charge in [-0.05, 0) is 12.1 Å². The van der Waals surface area contributed by atoms with Crippen molar-refractivity contribution in [3.05, 3.63) is 29.6 Å². The molecule has 1 aliphatic rings. The third-order valence-electron chi connectivity index (χ3n) is 3.48. The fourth-order valence-electron chi connectivity index (χ4n) is 2.28. The number of aliphatic carboxylic acids is 1. The van der Waals surface area contributed by atoms with E-state index in [1.165, 1.54) is 17.0 Å². The predicted octanol–water partition coefficient (Wildman–Crippen LogP) is 0.465. The number of hydrogen-bond acceptors (Lipinski definition) is 5. The number of piperazine rings is 1. The highest BCUT2D eigenvalue weighted by atomic mass is 19.1. The average molecular weight is 342 g/mol. The van der Waals surface area contributed by atoms with Crippen LogP contribution in [-0.4, -0.2) is 76.2 Å². The number of halogens is 1. The Labute approximate surface area is 137 Å². The quantitative estimate of drug-likeness (QED) is 0.680. The van der Waals surface area contributed by atoms with Crippen molar-refractivity contribution in [1.82, 2.24) is 9.80 Å². The summed E-state index contributed by atoms with van der Waals surface area (Å²) < 4.78 is 13.7. The normalized spacial score (nSPS) is 14.5. The molecule has 132 valence electrons. The molecular formula is C15H19FN2O6. The van der Waals surface area contributed by atoms with Crippen LogP contribution < -0.4 is 0 Å². The van der Waals surface area contributed by atoms with E-state index in [1.54, 1.807) is 0 Å². The topological polar surface area (TPSA) is 118 Å². The van der Waals surface area contributed by atoms with Gasteiger partial charge in [-0.25, -0.2) is 4.39 Å². The number of carboxylic acids is 1. The van der Waals surface area contributed by atoms with Crippen LogP contribution in [0.15, 0.2) is 18.2 Å². The van der Waals surface area contributed by atoms with Crippen LogP contribution in [0, 0.1) is 5.82 Å².